The van der Waals surface area contributed by atoms with Crippen LogP contribution in [0.4, 0.5) is 0 Å². The van der Waals surface area contributed by atoms with E-state index in [-0.39, 0.29) is 17.0 Å². The third kappa shape index (κ3) is 2.13. The smallest absolute Gasteiger partial charge is 0.259 e. The largest absolute Gasteiger partial charge is 0.506 e. The highest BCUT2D eigenvalue weighted by atomic mass is 16.3. The minimum absolute atomic E-state index is 0.109. The summed E-state index contributed by atoms with van der Waals surface area (Å²) in [5.74, 6) is -0.963. The van der Waals surface area contributed by atoms with Gasteiger partial charge in [-0.25, -0.2) is 4.98 Å². The molecule has 3 N–H and O–H groups in total. The fraction of sp³-hybridized carbons (Fsp3) is 0. The summed E-state index contributed by atoms with van der Waals surface area (Å²) in [6, 6.07) is 10.4. The van der Waals surface area contributed by atoms with Crippen LogP contribution in [0.25, 0.3) is 17.0 Å². The number of nitriles is 1. The van der Waals surface area contributed by atoms with Crippen molar-refractivity contribution in [1.29, 1.82) is 5.26 Å². The predicted octanol–water partition coefficient (Wildman–Crippen LogP) is 1.33. The van der Waals surface area contributed by atoms with Gasteiger partial charge < -0.3 is 10.8 Å². The molecule has 0 saturated carbocycles. The van der Waals surface area contributed by atoms with Crippen molar-refractivity contribution in [2.45, 2.75) is 0 Å². The highest BCUT2D eigenvalue weighted by molar-refractivity contribution is 6.01. The molecule has 5 heteroatoms. The van der Waals surface area contributed by atoms with Crippen LogP contribution in [-0.4, -0.2) is 16.0 Å². The summed E-state index contributed by atoms with van der Waals surface area (Å²) in [6.07, 6.45) is 1.17. The molecule has 0 aliphatic carbocycles. The van der Waals surface area contributed by atoms with E-state index in [0.29, 0.717) is 5.52 Å². The molecule has 0 spiro atoms. The molecule has 0 aliphatic heterocycles. The van der Waals surface area contributed by atoms with Crippen molar-refractivity contribution in [3.05, 3.63) is 41.6 Å². The lowest BCUT2D eigenvalue weighted by atomic mass is 10.1. The van der Waals surface area contributed by atoms with Gasteiger partial charge in [-0.1, -0.05) is 18.2 Å². The number of hydrogen-bond acceptors (Lipinski definition) is 4. The summed E-state index contributed by atoms with van der Waals surface area (Å²) in [5, 5.41) is 19.3. The van der Waals surface area contributed by atoms with E-state index in [1.54, 1.807) is 24.3 Å². The maximum atomic E-state index is 10.9. The molecule has 1 heterocycles. The molecule has 1 aromatic carbocycles. The number of para-hydroxylation sites is 1. The molecule has 1 amide bonds. The molecule has 0 fully saturated rings. The summed E-state index contributed by atoms with van der Waals surface area (Å²) in [7, 11) is 0. The zero-order valence-corrected chi connectivity index (χ0v) is 9.29. The van der Waals surface area contributed by atoms with Gasteiger partial charge in [0, 0.05) is 5.39 Å². The van der Waals surface area contributed by atoms with Crippen molar-refractivity contribution in [2.75, 3.05) is 0 Å². The number of pyridine rings is 1. The Morgan fingerprint density at radius 1 is 1.44 bits per heavy atom. The molecule has 0 radical (unpaired) electrons. The Bertz CT molecular complexity index is 699. The number of primary amides is 1. The second-order valence-electron chi connectivity index (χ2n) is 3.62. The number of nitrogens with two attached hydrogens (primary N) is 1. The van der Waals surface area contributed by atoms with Crippen LogP contribution in [0.2, 0.25) is 0 Å². The number of aromatic hydroxyl groups is 1. The first kappa shape index (κ1) is 11.6. The molecule has 0 bridgehead atoms. The van der Waals surface area contributed by atoms with Gasteiger partial charge in [0.2, 0.25) is 0 Å². The second-order valence-corrected chi connectivity index (χ2v) is 3.62. The molecule has 88 valence electrons. The van der Waals surface area contributed by atoms with E-state index in [2.05, 4.69) is 4.98 Å². The van der Waals surface area contributed by atoms with Gasteiger partial charge in [0.1, 0.15) is 23.1 Å². The fourth-order valence-electron chi connectivity index (χ4n) is 1.52. The van der Waals surface area contributed by atoms with Crippen LogP contribution in [0, 0.1) is 11.3 Å². The summed E-state index contributed by atoms with van der Waals surface area (Å²) in [6.45, 7) is 0. The van der Waals surface area contributed by atoms with Gasteiger partial charge in [0.15, 0.2) is 0 Å². The third-order valence-corrected chi connectivity index (χ3v) is 2.40. The van der Waals surface area contributed by atoms with Gasteiger partial charge in [-0.3, -0.25) is 4.79 Å². The van der Waals surface area contributed by atoms with Crippen molar-refractivity contribution in [3.63, 3.8) is 0 Å². The Kier molecular flexibility index (Phi) is 2.94. The fourth-order valence-corrected chi connectivity index (χ4v) is 1.52. The minimum Gasteiger partial charge on any atom is -0.506 e. The van der Waals surface area contributed by atoms with Gasteiger partial charge in [0.05, 0.1) is 5.52 Å². The van der Waals surface area contributed by atoms with Crippen LogP contribution in [-0.2, 0) is 4.79 Å². The number of benzene rings is 1. The van der Waals surface area contributed by atoms with Crippen LogP contribution >= 0.6 is 0 Å². The second kappa shape index (κ2) is 4.55. The van der Waals surface area contributed by atoms with E-state index in [1.165, 1.54) is 12.1 Å². The topological polar surface area (TPSA) is 100 Å². The number of rotatable bonds is 2. The number of amides is 1. The maximum Gasteiger partial charge on any atom is 0.259 e. The van der Waals surface area contributed by atoms with Crippen LogP contribution in [0.3, 0.4) is 0 Å². The maximum absolute atomic E-state index is 10.9. The zero-order chi connectivity index (χ0) is 13.1. The quantitative estimate of drug-likeness (QED) is 0.609. The summed E-state index contributed by atoms with van der Waals surface area (Å²) in [4.78, 5) is 15.1. The summed E-state index contributed by atoms with van der Waals surface area (Å²) < 4.78 is 0. The molecule has 5 nitrogen and oxygen atoms in total. The van der Waals surface area contributed by atoms with Crippen LogP contribution < -0.4 is 5.73 Å². The molecular weight excluding hydrogens is 230 g/mol. The Balaban J connectivity index is 2.62. The van der Waals surface area contributed by atoms with Crippen molar-refractivity contribution in [1.82, 2.24) is 4.98 Å². The number of fused-ring (bicyclic) bond motifs is 1. The molecule has 0 aliphatic rings. The monoisotopic (exact) mass is 239 g/mol. The highest BCUT2D eigenvalue weighted by Gasteiger charge is 2.08. The Morgan fingerprint density at radius 3 is 2.83 bits per heavy atom. The first-order valence-corrected chi connectivity index (χ1v) is 5.12. The summed E-state index contributed by atoms with van der Waals surface area (Å²) >= 11 is 0. The minimum atomic E-state index is -0.855. The molecule has 0 atom stereocenters. The van der Waals surface area contributed by atoms with E-state index in [4.69, 9.17) is 11.0 Å². The molecule has 0 saturated heterocycles. The number of nitrogens with zero attached hydrogens (tertiary/aromatic N) is 2. The van der Waals surface area contributed by atoms with Crippen molar-refractivity contribution < 1.29 is 9.90 Å². The van der Waals surface area contributed by atoms with Crippen LogP contribution in [0.1, 0.15) is 5.69 Å². The van der Waals surface area contributed by atoms with E-state index in [1.807, 2.05) is 6.07 Å². The molecule has 1 aromatic heterocycles. The summed E-state index contributed by atoms with van der Waals surface area (Å²) in [5.41, 5.74) is 5.56. The molecular formula is C13H9N3O2. The normalized spacial score (nSPS) is 11.2. The van der Waals surface area contributed by atoms with Crippen LogP contribution in [0.15, 0.2) is 35.9 Å². The predicted molar refractivity (Wildman–Crippen MR) is 66.2 cm³/mol. The van der Waals surface area contributed by atoms with Gasteiger partial charge in [0.25, 0.3) is 5.91 Å². The van der Waals surface area contributed by atoms with Gasteiger partial charge >= 0.3 is 0 Å². The average Bonchev–Trinajstić information content (AvgIpc) is 2.35. The number of aromatic nitrogens is 1. The standard InChI is InChI=1S/C13H9N3O2/c14-7-9(13(15)18)5-11-12(17)6-8-3-1-2-4-10(8)16-11/h1-6,17H,(H2,15,18). The van der Waals surface area contributed by atoms with Crippen molar-refractivity contribution in [3.8, 4) is 11.8 Å². The molecule has 2 rings (SSSR count). The Labute approximate surface area is 103 Å². The van der Waals surface area contributed by atoms with Gasteiger partial charge in [-0.05, 0) is 18.2 Å². The third-order valence-electron chi connectivity index (χ3n) is 2.40. The first-order valence-electron chi connectivity index (χ1n) is 5.12. The van der Waals surface area contributed by atoms with Gasteiger partial charge in [-0.2, -0.15) is 5.26 Å². The van der Waals surface area contributed by atoms with Gasteiger partial charge in [-0.15, -0.1) is 0 Å². The number of hydrogen-bond donors (Lipinski definition) is 2. The molecule has 18 heavy (non-hydrogen) atoms. The lowest BCUT2D eigenvalue weighted by Crippen LogP contribution is -2.12. The van der Waals surface area contributed by atoms with Crippen molar-refractivity contribution in [2.24, 2.45) is 5.73 Å². The highest BCUT2D eigenvalue weighted by Crippen LogP contribution is 2.23. The van der Waals surface area contributed by atoms with E-state index < -0.39 is 5.91 Å². The SMILES string of the molecule is N#CC(=Cc1nc2ccccc2cc1O)C(N)=O. The van der Waals surface area contributed by atoms with Crippen molar-refractivity contribution >= 4 is 22.9 Å². The lowest BCUT2D eigenvalue weighted by Gasteiger charge is -2.02. The average molecular weight is 239 g/mol. The van der Waals surface area contributed by atoms with E-state index in [9.17, 15) is 9.90 Å². The Morgan fingerprint density at radius 2 is 2.17 bits per heavy atom. The van der Waals surface area contributed by atoms with E-state index in [0.717, 1.165) is 5.39 Å². The lowest BCUT2D eigenvalue weighted by molar-refractivity contribution is -0.114. The first-order chi connectivity index (χ1) is 8.61. The number of carbonyl (C=O) groups excluding carboxylic acids is 1. The Hall–Kier alpha value is -2.87. The zero-order valence-electron chi connectivity index (χ0n) is 9.29. The van der Waals surface area contributed by atoms with Crippen LogP contribution in [0.5, 0.6) is 5.75 Å². The number of carbonyl (C=O) groups is 1. The molecule has 0 unspecified atom stereocenters. The molecule has 2 aromatic rings. The van der Waals surface area contributed by atoms with E-state index >= 15 is 0 Å².